The molecule has 0 saturated heterocycles. The number of quaternary nitrogens is 1. The van der Waals surface area contributed by atoms with E-state index in [-0.39, 0.29) is 4.81 Å². The largest absolute Gasteiger partial charge is 0.141 e. The van der Waals surface area contributed by atoms with Crippen molar-refractivity contribution in [1.29, 1.82) is 0 Å². The van der Waals surface area contributed by atoms with Crippen LogP contribution in [-0.2, 0) is 0 Å². The van der Waals surface area contributed by atoms with Crippen LogP contribution in [0.3, 0.4) is 0 Å². The second-order valence-electron chi connectivity index (χ2n) is 1.47. The molecule has 0 aliphatic carbocycles. The molecule has 0 aliphatic heterocycles. The van der Waals surface area contributed by atoms with E-state index in [0.717, 1.165) is 0 Å². The van der Waals surface area contributed by atoms with E-state index >= 15 is 0 Å². The average Bonchev–Trinajstić information content (AvgIpc) is 1.68. The minimum absolute atomic E-state index is 0.111. The zero-order valence-electron chi connectivity index (χ0n) is 4.81. The van der Waals surface area contributed by atoms with Gasteiger partial charge in [0, 0.05) is 7.05 Å². The van der Waals surface area contributed by atoms with Gasteiger partial charge in [-0.05, 0) is 6.92 Å². The van der Waals surface area contributed by atoms with Gasteiger partial charge >= 0.3 is 0 Å². The highest BCUT2D eigenvalue weighted by Gasteiger charge is 2.07. The summed E-state index contributed by atoms with van der Waals surface area (Å²) in [6, 6.07) is 0. The lowest BCUT2D eigenvalue weighted by molar-refractivity contribution is -0.989. The van der Waals surface area contributed by atoms with Crippen molar-refractivity contribution in [2.45, 2.75) is 6.92 Å². The first-order valence-electron chi connectivity index (χ1n) is 2.26. The van der Waals surface area contributed by atoms with Crippen molar-refractivity contribution < 1.29 is 4.81 Å². The van der Waals surface area contributed by atoms with Crippen molar-refractivity contribution in [3.63, 3.8) is 0 Å². The van der Waals surface area contributed by atoms with E-state index in [2.05, 4.69) is 5.43 Å². The fourth-order valence-corrected chi connectivity index (χ4v) is 0.158. The number of nitrogens with two attached hydrogens (primary N) is 2. The topological polar surface area (TPSA) is 64.1 Å². The van der Waals surface area contributed by atoms with Gasteiger partial charge in [0.05, 0.1) is 0 Å². The molecule has 0 spiro atoms. The van der Waals surface area contributed by atoms with Crippen molar-refractivity contribution in [2.24, 2.45) is 11.7 Å². The number of hydrogen-bond donors (Lipinski definition) is 3. The van der Waals surface area contributed by atoms with Crippen LogP contribution < -0.4 is 17.1 Å². The Morgan fingerprint density at radius 2 is 2.00 bits per heavy atom. The van der Waals surface area contributed by atoms with Crippen molar-refractivity contribution in [2.75, 3.05) is 13.6 Å². The summed E-state index contributed by atoms with van der Waals surface area (Å²) in [5.74, 6) is 10.6. The molecule has 0 aromatic rings. The molecule has 5 N–H and O–H groups in total. The van der Waals surface area contributed by atoms with Crippen LogP contribution in [0.1, 0.15) is 6.92 Å². The van der Waals surface area contributed by atoms with Crippen molar-refractivity contribution >= 4 is 0 Å². The highest BCUT2D eigenvalue weighted by atomic mass is 15.9. The van der Waals surface area contributed by atoms with E-state index in [0.29, 0.717) is 6.54 Å². The molecule has 0 bridgehead atoms. The van der Waals surface area contributed by atoms with Crippen molar-refractivity contribution in [3.05, 3.63) is 0 Å². The minimum atomic E-state index is -0.111. The van der Waals surface area contributed by atoms with Gasteiger partial charge in [-0.1, -0.05) is 0 Å². The van der Waals surface area contributed by atoms with Crippen LogP contribution in [-0.4, -0.2) is 18.4 Å². The van der Waals surface area contributed by atoms with E-state index in [9.17, 15) is 0 Å². The fraction of sp³-hybridized carbons (Fsp3) is 1.00. The fourth-order valence-electron chi connectivity index (χ4n) is 0.158. The molecule has 44 valence electrons. The molecular weight excluding hydrogens is 92.1 g/mol. The van der Waals surface area contributed by atoms with Gasteiger partial charge in [-0.15, -0.1) is 21.9 Å². The molecule has 0 radical (unpaired) electrons. The summed E-state index contributed by atoms with van der Waals surface area (Å²) in [7, 11) is 1.71. The lowest BCUT2D eigenvalue weighted by Crippen LogP contribution is -2.67. The normalized spacial score (nSPS) is 12.0. The third kappa shape index (κ3) is 2.52. The molecular formula is C3H13N4+. The first-order chi connectivity index (χ1) is 3.12. The Labute approximate surface area is 43.6 Å². The zero-order chi connectivity index (χ0) is 5.91. The molecule has 0 unspecified atom stereocenters. The highest BCUT2D eigenvalue weighted by molar-refractivity contribution is 4.02. The summed E-state index contributed by atoms with van der Waals surface area (Å²) >= 11 is 0. The van der Waals surface area contributed by atoms with Crippen LogP contribution in [0.4, 0.5) is 0 Å². The molecule has 4 nitrogen and oxygen atoms in total. The zero-order valence-corrected chi connectivity index (χ0v) is 4.81. The summed E-state index contributed by atoms with van der Waals surface area (Å²) in [4.78, 5) is -0.111. The lowest BCUT2D eigenvalue weighted by Gasteiger charge is -2.21. The minimum Gasteiger partial charge on any atom is -0.141 e. The van der Waals surface area contributed by atoms with E-state index in [1.54, 1.807) is 7.05 Å². The standard InChI is InChI=1S/C3H13N4/c1-3-7(4,5)6-2/h6H,3-5H2,1-2H3/q+1. The van der Waals surface area contributed by atoms with E-state index < -0.39 is 0 Å². The maximum absolute atomic E-state index is 5.32. The van der Waals surface area contributed by atoms with Crippen LogP contribution in [0, 0.1) is 0 Å². The second-order valence-corrected chi connectivity index (χ2v) is 1.47. The maximum Gasteiger partial charge on any atom is 0.131 e. The molecule has 0 aliphatic rings. The molecule has 0 heterocycles. The average molecular weight is 105 g/mol. The highest BCUT2D eigenvalue weighted by Crippen LogP contribution is 1.71. The monoisotopic (exact) mass is 105 g/mol. The Balaban J connectivity index is 3.36. The number of rotatable bonds is 2. The second kappa shape index (κ2) is 2.23. The van der Waals surface area contributed by atoms with E-state index in [1.165, 1.54) is 0 Å². The molecule has 0 saturated carbocycles. The number of hydrogen-bond acceptors (Lipinski definition) is 3. The maximum atomic E-state index is 5.32. The van der Waals surface area contributed by atoms with Crippen LogP contribution in [0.25, 0.3) is 0 Å². The summed E-state index contributed by atoms with van der Waals surface area (Å²) in [6.45, 7) is 2.58. The molecule has 0 fully saturated rings. The Morgan fingerprint density at radius 3 is 2.00 bits per heavy atom. The molecule has 0 aromatic heterocycles. The Hall–Kier alpha value is -0.160. The van der Waals surface area contributed by atoms with Gasteiger partial charge in [-0.25, -0.2) is 0 Å². The van der Waals surface area contributed by atoms with Gasteiger partial charge in [-0.2, -0.15) is 0 Å². The SMILES string of the molecule is CC[N+](N)(N)NC. The van der Waals surface area contributed by atoms with Crippen LogP contribution in [0.5, 0.6) is 0 Å². The first kappa shape index (κ1) is 6.84. The van der Waals surface area contributed by atoms with Crippen molar-refractivity contribution in [3.8, 4) is 0 Å². The molecule has 4 heteroatoms. The predicted octanol–water partition coefficient (Wildman–Crippen LogP) is -1.30. The lowest BCUT2D eigenvalue weighted by atomic mass is 10.8. The first-order valence-corrected chi connectivity index (χ1v) is 2.26. The van der Waals surface area contributed by atoms with Gasteiger partial charge in [0.15, 0.2) is 0 Å². The van der Waals surface area contributed by atoms with Gasteiger partial charge < -0.3 is 0 Å². The molecule has 7 heavy (non-hydrogen) atoms. The Kier molecular flexibility index (Phi) is 2.17. The Morgan fingerprint density at radius 1 is 1.57 bits per heavy atom. The molecule has 0 aromatic carbocycles. The number of nitrogens with zero attached hydrogens (tertiary/aromatic N) is 1. The quantitative estimate of drug-likeness (QED) is 0.232. The predicted molar refractivity (Wildman–Crippen MR) is 28.2 cm³/mol. The third-order valence-corrected chi connectivity index (χ3v) is 0.940. The van der Waals surface area contributed by atoms with Crippen LogP contribution in [0.2, 0.25) is 0 Å². The van der Waals surface area contributed by atoms with Crippen LogP contribution in [0.15, 0.2) is 0 Å². The third-order valence-electron chi connectivity index (χ3n) is 0.940. The van der Waals surface area contributed by atoms with E-state index in [4.69, 9.17) is 11.7 Å². The Bertz CT molecular complexity index is 44.9. The van der Waals surface area contributed by atoms with Gasteiger partial charge in [-0.3, -0.25) is 0 Å². The van der Waals surface area contributed by atoms with Gasteiger partial charge in [0.1, 0.15) is 6.54 Å². The van der Waals surface area contributed by atoms with Gasteiger partial charge in [0.25, 0.3) is 0 Å². The molecule has 0 atom stereocenters. The van der Waals surface area contributed by atoms with E-state index in [1.807, 2.05) is 6.92 Å². The van der Waals surface area contributed by atoms with Crippen LogP contribution >= 0.6 is 0 Å². The van der Waals surface area contributed by atoms with Crippen molar-refractivity contribution in [1.82, 2.24) is 5.43 Å². The smallest absolute Gasteiger partial charge is 0.131 e. The summed E-state index contributed by atoms with van der Waals surface area (Å²) in [6.07, 6.45) is 0. The number of nitrogens with one attached hydrogen (secondary N) is 1. The molecule has 0 amide bonds. The summed E-state index contributed by atoms with van der Waals surface area (Å²) < 4.78 is 0. The van der Waals surface area contributed by atoms with Gasteiger partial charge in [0.2, 0.25) is 0 Å². The summed E-state index contributed by atoms with van der Waals surface area (Å²) in [5, 5.41) is 0. The molecule has 0 rings (SSSR count). The summed E-state index contributed by atoms with van der Waals surface area (Å²) in [5.41, 5.74) is 2.68.